The van der Waals surface area contributed by atoms with Gasteiger partial charge in [0.2, 0.25) is 0 Å². The van der Waals surface area contributed by atoms with Gasteiger partial charge in [0.15, 0.2) is 0 Å². The minimum absolute atomic E-state index is 0. The summed E-state index contributed by atoms with van der Waals surface area (Å²) >= 11 is 0. The van der Waals surface area contributed by atoms with E-state index in [0.29, 0.717) is 28.9 Å². The largest absolute Gasteiger partial charge is 0.339 e. The van der Waals surface area contributed by atoms with Crippen molar-refractivity contribution >= 4 is 41.6 Å². The second kappa shape index (κ2) is 8.60. The van der Waals surface area contributed by atoms with Crippen LogP contribution in [0.4, 0.5) is 4.39 Å². The fourth-order valence-electron chi connectivity index (χ4n) is 3.05. The SMILES string of the molecule is Cc1cc(C(=O)N2CCC(CN)CC2)c2ccc(F)cc2n1.Cl.Cl. The number of aromatic nitrogens is 1. The predicted octanol–water partition coefficient (Wildman–Crippen LogP) is 3.34. The normalized spacial score (nSPS) is 14.9. The lowest BCUT2D eigenvalue weighted by Gasteiger charge is -2.31. The first kappa shape index (κ1) is 20.6. The van der Waals surface area contributed by atoms with Gasteiger partial charge >= 0.3 is 0 Å². The Bertz CT molecular complexity index is 713. The third-order valence-electron chi connectivity index (χ3n) is 4.37. The highest BCUT2D eigenvalue weighted by Crippen LogP contribution is 2.23. The summed E-state index contributed by atoms with van der Waals surface area (Å²) in [5.41, 5.74) is 7.55. The number of likely N-dealkylation sites (tertiary alicyclic amines) is 1. The Morgan fingerprint density at radius 1 is 1.29 bits per heavy atom. The number of carbonyl (C=O) groups excluding carboxylic acids is 1. The summed E-state index contributed by atoms with van der Waals surface area (Å²) in [6.45, 7) is 3.95. The highest BCUT2D eigenvalue weighted by atomic mass is 35.5. The summed E-state index contributed by atoms with van der Waals surface area (Å²) in [6, 6.07) is 6.17. The first-order valence-electron chi connectivity index (χ1n) is 7.64. The fraction of sp³-hybridized carbons (Fsp3) is 0.412. The Balaban J connectivity index is 0.00000144. The fourth-order valence-corrected chi connectivity index (χ4v) is 3.05. The Morgan fingerprint density at radius 3 is 2.58 bits per heavy atom. The van der Waals surface area contributed by atoms with Crippen LogP contribution in [0.5, 0.6) is 0 Å². The molecule has 1 amide bonds. The van der Waals surface area contributed by atoms with Crippen LogP contribution in [-0.2, 0) is 0 Å². The molecule has 1 aliphatic heterocycles. The second-order valence-corrected chi connectivity index (χ2v) is 5.94. The number of hydrogen-bond donors (Lipinski definition) is 1. The van der Waals surface area contributed by atoms with Crippen molar-refractivity contribution in [3.05, 3.63) is 41.3 Å². The number of benzene rings is 1. The Kier molecular flexibility index (Phi) is 7.39. The number of nitrogens with two attached hydrogens (primary N) is 1. The smallest absolute Gasteiger partial charge is 0.254 e. The van der Waals surface area contributed by atoms with Crippen molar-refractivity contribution < 1.29 is 9.18 Å². The molecular weight excluding hydrogens is 352 g/mol. The summed E-state index contributed by atoms with van der Waals surface area (Å²) in [5.74, 6) is 0.166. The Morgan fingerprint density at radius 2 is 1.96 bits per heavy atom. The lowest BCUT2D eigenvalue weighted by molar-refractivity contribution is 0.0695. The standard InChI is InChI=1S/C17H20FN3O.2ClH/c1-11-8-15(14-3-2-13(18)9-16(14)20-11)17(22)21-6-4-12(10-19)5-7-21;;/h2-3,8-9,12H,4-7,10,19H2,1H3;2*1H. The summed E-state index contributed by atoms with van der Waals surface area (Å²) in [4.78, 5) is 19.0. The summed E-state index contributed by atoms with van der Waals surface area (Å²) in [7, 11) is 0. The average Bonchev–Trinajstić information content (AvgIpc) is 2.53. The number of aryl methyl sites for hydroxylation is 1. The molecule has 0 saturated carbocycles. The van der Waals surface area contributed by atoms with Crippen molar-refractivity contribution in [3.8, 4) is 0 Å². The van der Waals surface area contributed by atoms with E-state index in [-0.39, 0.29) is 36.5 Å². The highest BCUT2D eigenvalue weighted by Gasteiger charge is 2.24. The quantitative estimate of drug-likeness (QED) is 0.877. The number of fused-ring (bicyclic) bond motifs is 1. The zero-order valence-electron chi connectivity index (χ0n) is 13.5. The number of piperidine rings is 1. The van der Waals surface area contributed by atoms with Gasteiger partial charge in [0.05, 0.1) is 11.1 Å². The van der Waals surface area contributed by atoms with Crippen LogP contribution in [0.3, 0.4) is 0 Å². The molecule has 1 saturated heterocycles. The maximum absolute atomic E-state index is 13.4. The van der Waals surface area contributed by atoms with Gasteiger partial charge in [-0.05, 0) is 50.4 Å². The molecule has 1 aromatic carbocycles. The van der Waals surface area contributed by atoms with Gasteiger partial charge in [-0.3, -0.25) is 9.78 Å². The molecule has 132 valence electrons. The third kappa shape index (κ3) is 4.15. The Labute approximate surface area is 153 Å². The van der Waals surface area contributed by atoms with E-state index in [9.17, 15) is 9.18 Å². The third-order valence-corrected chi connectivity index (χ3v) is 4.37. The van der Waals surface area contributed by atoms with Crippen molar-refractivity contribution in [2.24, 2.45) is 11.7 Å². The molecule has 4 nitrogen and oxygen atoms in total. The molecule has 2 N–H and O–H groups in total. The van der Waals surface area contributed by atoms with E-state index in [0.717, 1.165) is 31.6 Å². The monoisotopic (exact) mass is 373 g/mol. The summed E-state index contributed by atoms with van der Waals surface area (Å²) in [6.07, 6.45) is 1.89. The van der Waals surface area contributed by atoms with Crippen molar-refractivity contribution in [2.45, 2.75) is 19.8 Å². The van der Waals surface area contributed by atoms with E-state index < -0.39 is 0 Å². The van der Waals surface area contributed by atoms with Gasteiger partial charge in [0, 0.05) is 30.2 Å². The van der Waals surface area contributed by atoms with Crippen LogP contribution in [-0.4, -0.2) is 35.4 Å². The lowest BCUT2D eigenvalue weighted by atomic mass is 9.96. The molecule has 0 spiro atoms. The molecule has 1 aliphatic rings. The predicted molar refractivity (Wildman–Crippen MR) is 98.6 cm³/mol. The first-order chi connectivity index (χ1) is 10.6. The van der Waals surface area contributed by atoms with E-state index in [4.69, 9.17) is 5.73 Å². The number of hydrogen-bond acceptors (Lipinski definition) is 3. The van der Waals surface area contributed by atoms with Crippen molar-refractivity contribution in [1.29, 1.82) is 0 Å². The molecule has 1 fully saturated rings. The van der Waals surface area contributed by atoms with Crippen molar-refractivity contribution in [2.75, 3.05) is 19.6 Å². The van der Waals surface area contributed by atoms with Gasteiger partial charge in [0.25, 0.3) is 5.91 Å². The highest BCUT2D eigenvalue weighted by molar-refractivity contribution is 6.06. The van der Waals surface area contributed by atoms with Crippen molar-refractivity contribution in [3.63, 3.8) is 0 Å². The number of amides is 1. The maximum atomic E-state index is 13.4. The van der Waals surface area contributed by atoms with Gasteiger partial charge in [-0.15, -0.1) is 24.8 Å². The van der Waals surface area contributed by atoms with Crippen LogP contribution in [0.1, 0.15) is 28.9 Å². The first-order valence-corrected chi connectivity index (χ1v) is 7.64. The minimum atomic E-state index is -0.340. The van der Waals surface area contributed by atoms with Crippen LogP contribution in [0, 0.1) is 18.7 Å². The van der Waals surface area contributed by atoms with Gasteiger partial charge in [-0.25, -0.2) is 4.39 Å². The van der Waals surface area contributed by atoms with Crippen molar-refractivity contribution in [1.82, 2.24) is 9.88 Å². The summed E-state index contributed by atoms with van der Waals surface area (Å²) < 4.78 is 13.4. The molecule has 2 aromatic rings. The van der Waals surface area contributed by atoms with Gasteiger partial charge in [-0.1, -0.05) is 0 Å². The molecule has 1 aromatic heterocycles. The number of pyridine rings is 1. The van der Waals surface area contributed by atoms with Crippen LogP contribution >= 0.6 is 24.8 Å². The Hall–Kier alpha value is -1.43. The number of rotatable bonds is 2. The second-order valence-electron chi connectivity index (χ2n) is 5.94. The van der Waals surface area contributed by atoms with E-state index in [2.05, 4.69) is 4.98 Å². The van der Waals surface area contributed by atoms with E-state index in [1.807, 2.05) is 11.8 Å². The zero-order valence-corrected chi connectivity index (χ0v) is 15.1. The van der Waals surface area contributed by atoms with Crippen LogP contribution in [0.25, 0.3) is 10.9 Å². The zero-order chi connectivity index (χ0) is 15.7. The number of halogens is 3. The molecule has 0 aliphatic carbocycles. The molecule has 0 atom stereocenters. The summed E-state index contributed by atoms with van der Waals surface area (Å²) in [5, 5.41) is 0.706. The van der Waals surface area contributed by atoms with E-state index in [1.165, 1.54) is 12.1 Å². The van der Waals surface area contributed by atoms with Crippen LogP contribution in [0.15, 0.2) is 24.3 Å². The molecule has 24 heavy (non-hydrogen) atoms. The molecule has 7 heteroatoms. The number of nitrogens with zero attached hydrogens (tertiary/aromatic N) is 2. The lowest BCUT2D eigenvalue weighted by Crippen LogP contribution is -2.40. The topological polar surface area (TPSA) is 59.2 Å². The van der Waals surface area contributed by atoms with E-state index in [1.54, 1.807) is 12.1 Å². The molecule has 0 bridgehead atoms. The molecule has 0 unspecified atom stereocenters. The molecule has 0 radical (unpaired) electrons. The minimum Gasteiger partial charge on any atom is -0.339 e. The average molecular weight is 374 g/mol. The van der Waals surface area contributed by atoms with E-state index >= 15 is 0 Å². The van der Waals surface area contributed by atoms with Crippen LogP contribution in [0.2, 0.25) is 0 Å². The maximum Gasteiger partial charge on any atom is 0.254 e. The number of carbonyl (C=O) groups is 1. The molecule has 2 heterocycles. The molecule has 3 rings (SSSR count). The van der Waals surface area contributed by atoms with Gasteiger partial charge in [-0.2, -0.15) is 0 Å². The van der Waals surface area contributed by atoms with Gasteiger partial charge < -0.3 is 10.6 Å². The van der Waals surface area contributed by atoms with Crippen LogP contribution < -0.4 is 5.73 Å². The van der Waals surface area contributed by atoms with Gasteiger partial charge in [0.1, 0.15) is 5.82 Å². The molecular formula is C17H22Cl2FN3O.